The Hall–Kier alpha value is -1.42. The molecule has 17 heavy (non-hydrogen) atoms. The molecule has 1 aliphatic rings. The molecule has 2 heterocycles. The Bertz CT molecular complexity index is 413. The fraction of sp³-hybridized carbons (Fsp3) is 0.538. The number of nitrogens with zero attached hydrogens (tertiary/aromatic N) is 3. The van der Waals surface area contributed by atoms with E-state index in [4.69, 9.17) is 0 Å². The normalized spacial score (nSPS) is 16.6. The molecule has 0 aliphatic carbocycles. The van der Waals surface area contributed by atoms with E-state index in [-0.39, 0.29) is 5.91 Å². The monoisotopic (exact) mass is 233 g/mol. The van der Waals surface area contributed by atoms with Gasteiger partial charge in [-0.25, -0.2) is 4.98 Å². The van der Waals surface area contributed by atoms with E-state index in [1.54, 1.807) is 18.9 Å². The van der Waals surface area contributed by atoms with Crippen LogP contribution in [0.2, 0.25) is 0 Å². The molecule has 92 valence electrons. The lowest BCUT2D eigenvalue weighted by molar-refractivity contribution is -0.116. The average Bonchev–Trinajstić information content (AvgIpc) is 2.26. The van der Waals surface area contributed by atoms with Crippen molar-refractivity contribution in [2.45, 2.75) is 20.4 Å². The van der Waals surface area contributed by atoms with Crippen molar-refractivity contribution in [3.05, 3.63) is 23.9 Å². The largest absolute Gasteiger partial charge is 0.300 e. The number of pyridine rings is 1. The van der Waals surface area contributed by atoms with Crippen LogP contribution in [0, 0.1) is 5.92 Å². The molecule has 0 bridgehead atoms. The van der Waals surface area contributed by atoms with E-state index < -0.39 is 0 Å². The van der Waals surface area contributed by atoms with Crippen LogP contribution in [-0.4, -0.2) is 35.9 Å². The maximum Gasteiger partial charge on any atom is 0.224 e. The van der Waals surface area contributed by atoms with Gasteiger partial charge in [0.2, 0.25) is 5.91 Å². The van der Waals surface area contributed by atoms with E-state index in [1.807, 2.05) is 18.2 Å². The van der Waals surface area contributed by atoms with Gasteiger partial charge in [-0.15, -0.1) is 0 Å². The van der Waals surface area contributed by atoms with E-state index in [0.717, 1.165) is 37.1 Å². The third-order valence-electron chi connectivity index (χ3n) is 3.13. The molecule has 0 N–H and O–H groups in total. The second-order valence-corrected chi connectivity index (χ2v) is 4.86. The quantitative estimate of drug-likeness (QED) is 0.794. The van der Waals surface area contributed by atoms with Crippen molar-refractivity contribution in [1.82, 2.24) is 9.88 Å². The Morgan fingerprint density at radius 2 is 2.24 bits per heavy atom. The second-order valence-electron chi connectivity index (χ2n) is 4.86. The minimum Gasteiger partial charge on any atom is -0.300 e. The number of likely N-dealkylation sites (tertiary alicyclic amines) is 1. The van der Waals surface area contributed by atoms with Gasteiger partial charge in [0.15, 0.2) is 0 Å². The van der Waals surface area contributed by atoms with E-state index >= 15 is 0 Å². The van der Waals surface area contributed by atoms with Gasteiger partial charge < -0.3 is 4.90 Å². The van der Waals surface area contributed by atoms with Gasteiger partial charge in [-0.3, -0.25) is 9.69 Å². The summed E-state index contributed by atoms with van der Waals surface area (Å²) in [6, 6.07) is 5.84. The molecule has 4 heteroatoms. The summed E-state index contributed by atoms with van der Waals surface area (Å²) >= 11 is 0. The van der Waals surface area contributed by atoms with E-state index in [0.29, 0.717) is 0 Å². The minimum atomic E-state index is 0.00669. The van der Waals surface area contributed by atoms with Crippen LogP contribution in [0.4, 0.5) is 5.82 Å². The molecule has 0 spiro atoms. The smallest absolute Gasteiger partial charge is 0.224 e. The van der Waals surface area contributed by atoms with Crippen LogP contribution in [0.15, 0.2) is 18.2 Å². The Morgan fingerprint density at radius 1 is 1.53 bits per heavy atom. The summed E-state index contributed by atoms with van der Waals surface area (Å²) in [5, 5.41) is 0. The second kappa shape index (κ2) is 4.84. The lowest BCUT2D eigenvalue weighted by atomic mass is 10.0. The number of amides is 1. The van der Waals surface area contributed by atoms with Crippen molar-refractivity contribution < 1.29 is 4.79 Å². The van der Waals surface area contributed by atoms with Crippen LogP contribution in [-0.2, 0) is 11.3 Å². The molecule has 4 nitrogen and oxygen atoms in total. The number of carbonyl (C=O) groups excluding carboxylic acids is 1. The molecule has 1 amide bonds. The number of hydrogen-bond donors (Lipinski definition) is 0. The summed E-state index contributed by atoms with van der Waals surface area (Å²) in [6.07, 6.45) is 0. The molecule has 1 aliphatic heterocycles. The molecule has 1 aromatic heterocycles. The molecule has 0 aromatic carbocycles. The van der Waals surface area contributed by atoms with Crippen molar-refractivity contribution in [2.75, 3.05) is 25.0 Å². The summed E-state index contributed by atoms with van der Waals surface area (Å²) in [7, 11) is 1.75. The first kappa shape index (κ1) is 12.0. The van der Waals surface area contributed by atoms with Crippen LogP contribution >= 0.6 is 0 Å². The number of anilines is 1. The lowest BCUT2D eigenvalue weighted by Gasteiger charge is -2.36. The molecule has 0 radical (unpaired) electrons. The SMILES string of the molecule is CC(=O)N(C)c1cccc(CN2CC(C)C2)n1. The van der Waals surface area contributed by atoms with Gasteiger partial charge in [0, 0.05) is 33.6 Å². The zero-order chi connectivity index (χ0) is 12.4. The van der Waals surface area contributed by atoms with Crippen LogP contribution < -0.4 is 4.90 Å². The van der Waals surface area contributed by atoms with Crippen LogP contribution in [0.3, 0.4) is 0 Å². The standard InChI is InChI=1S/C13H19N3O/c1-10-7-16(8-10)9-12-5-4-6-13(14-12)15(3)11(2)17/h4-6,10H,7-9H2,1-3H3. The summed E-state index contributed by atoms with van der Waals surface area (Å²) in [5.41, 5.74) is 1.03. The van der Waals surface area contributed by atoms with Crippen molar-refractivity contribution in [3.8, 4) is 0 Å². The first-order valence-corrected chi connectivity index (χ1v) is 5.99. The minimum absolute atomic E-state index is 0.00669. The Kier molecular flexibility index (Phi) is 3.43. The van der Waals surface area contributed by atoms with Crippen molar-refractivity contribution in [2.24, 2.45) is 5.92 Å². The number of hydrogen-bond acceptors (Lipinski definition) is 3. The summed E-state index contributed by atoms with van der Waals surface area (Å²) in [5.74, 6) is 1.54. The van der Waals surface area contributed by atoms with E-state index in [9.17, 15) is 4.79 Å². The maximum absolute atomic E-state index is 11.3. The van der Waals surface area contributed by atoms with Gasteiger partial charge in [-0.1, -0.05) is 13.0 Å². The molecule has 2 rings (SSSR count). The third kappa shape index (κ3) is 2.82. The van der Waals surface area contributed by atoms with E-state index in [2.05, 4.69) is 16.8 Å². The molecule has 1 saturated heterocycles. The highest BCUT2D eigenvalue weighted by Gasteiger charge is 2.22. The highest BCUT2D eigenvalue weighted by atomic mass is 16.2. The Labute approximate surface area is 102 Å². The summed E-state index contributed by atoms with van der Waals surface area (Å²) < 4.78 is 0. The number of aromatic nitrogens is 1. The number of carbonyl (C=O) groups is 1. The van der Waals surface area contributed by atoms with Gasteiger partial charge in [-0.05, 0) is 18.1 Å². The fourth-order valence-electron chi connectivity index (χ4n) is 2.09. The van der Waals surface area contributed by atoms with Gasteiger partial charge in [0.05, 0.1) is 5.69 Å². The van der Waals surface area contributed by atoms with Gasteiger partial charge >= 0.3 is 0 Å². The van der Waals surface area contributed by atoms with Crippen LogP contribution in [0.1, 0.15) is 19.5 Å². The molecule has 1 fully saturated rings. The molecular weight excluding hydrogens is 214 g/mol. The summed E-state index contributed by atoms with van der Waals surface area (Å²) in [6.45, 7) is 6.97. The predicted octanol–water partition coefficient (Wildman–Crippen LogP) is 1.52. The topological polar surface area (TPSA) is 36.4 Å². The Balaban J connectivity index is 2.03. The first-order valence-electron chi connectivity index (χ1n) is 5.99. The van der Waals surface area contributed by atoms with Gasteiger partial charge in [0.1, 0.15) is 5.82 Å². The molecule has 0 unspecified atom stereocenters. The predicted molar refractivity (Wildman–Crippen MR) is 67.8 cm³/mol. The van der Waals surface area contributed by atoms with Gasteiger partial charge in [-0.2, -0.15) is 0 Å². The maximum atomic E-state index is 11.3. The molecular formula is C13H19N3O. The Morgan fingerprint density at radius 3 is 2.82 bits per heavy atom. The lowest BCUT2D eigenvalue weighted by Crippen LogP contribution is -2.44. The van der Waals surface area contributed by atoms with E-state index in [1.165, 1.54) is 0 Å². The number of rotatable bonds is 3. The van der Waals surface area contributed by atoms with Crippen molar-refractivity contribution in [1.29, 1.82) is 0 Å². The summed E-state index contributed by atoms with van der Waals surface area (Å²) in [4.78, 5) is 19.7. The highest BCUT2D eigenvalue weighted by Crippen LogP contribution is 2.18. The fourth-order valence-corrected chi connectivity index (χ4v) is 2.09. The van der Waals surface area contributed by atoms with Gasteiger partial charge in [0.25, 0.3) is 0 Å². The third-order valence-corrected chi connectivity index (χ3v) is 3.13. The first-order chi connectivity index (χ1) is 8.06. The molecule has 1 aromatic rings. The van der Waals surface area contributed by atoms with Crippen molar-refractivity contribution >= 4 is 11.7 Å². The van der Waals surface area contributed by atoms with Crippen LogP contribution in [0.25, 0.3) is 0 Å². The zero-order valence-electron chi connectivity index (χ0n) is 10.7. The zero-order valence-corrected chi connectivity index (χ0v) is 10.7. The highest BCUT2D eigenvalue weighted by molar-refractivity contribution is 5.89. The molecule has 0 atom stereocenters. The van der Waals surface area contributed by atoms with Crippen molar-refractivity contribution in [3.63, 3.8) is 0 Å². The van der Waals surface area contributed by atoms with Crippen LogP contribution in [0.5, 0.6) is 0 Å². The average molecular weight is 233 g/mol. The molecule has 0 saturated carbocycles.